The first-order valence-corrected chi connectivity index (χ1v) is 4.06. The summed E-state index contributed by atoms with van der Waals surface area (Å²) in [6, 6.07) is 0. The number of fused-ring (bicyclic) bond motifs is 1. The Kier molecular flexibility index (Phi) is 1.33. The van der Waals surface area contributed by atoms with E-state index in [0.29, 0.717) is 0 Å². The van der Waals surface area contributed by atoms with Crippen molar-refractivity contribution in [1.29, 1.82) is 0 Å². The third-order valence-corrected chi connectivity index (χ3v) is 2.44. The highest BCUT2D eigenvalue weighted by atomic mass is 15.3. The van der Waals surface area contributed by atoms with Gasteiger partial charge in [-0.05, 0) is 26.2 Å². The summed E-state index contributed by atoms with van der Waals surface area (Å²) in [6.07, 6.45) is 4.04. The lowest BCUT2D eigenvalue weighted by molar-refractivity contribution is 0.309. The molecule has 0 aromatic carbocycles. The van der Waals surface area contributed by atoms with Gasteiger partial charge in [-0.1, -0.05) is 0 Å². The Morgan fingerprint density at radius 3 is 3.10 bits per heavy atom. The molecule has 0 amide bonds. The minimum atomic E-state index is 1.06. The monoisotopic (exact) mass is 138 g/mol. The van der Waals surface area contributed by atoms with Gasteiger partial charge < -0.3 is 10.2 Å². The quantitative estimate of drug-likeness (QED) is 0.542. The van der Waals surface area contributed by atoms with Crippen molar-refractivity contribution in [2.45, 2.75) is 26.2 Å². The molecule has 2 aliphatic rings. The molecular weight excluding hydrogens is 124 g/mol. The molecule has 10 heavy (non-hydrogen) atoms. The summed E-state index contributed by atoms with van der Waals surface area (Å²) in [5.41, 5.74) is 2.96. The lowest BCUT2D eigenvalue weighted by atomic mass is 10.1. The molecule has 0 aromatic heterocycles. The van der Waals surface area contributed by atoms with Crippen LogP contribution in [0.25, 0.3) is 0 Å². The van der Waals surface area contributed by atoms with Crippen molar-refractivity contribution in [2.75, 3.05) is 13.2 Å². The van der Waals surface area contributed by atoms with Crippen LogP contribution in [-0.4, -0.2) is 18.1 Å². The van der Waals surface area contributed by atoms with E-state index in [1.54, 1.807) is 5.70 Å². The van der Waals surface area contributed by atoms with E-state index in [4.69, 9.17) is 0 Å². The van der Waals surface area contributed by atoms with Crippen LogP contribution in [0.1, 0.15) is 26.2 Å². The second-order valence-corrected chi connectivity index (χ2v) is 3.13. The molecule has 0 aromatic rings. The summed E-state index contributed by atoms with van der Waals surface area (Å²) >= 11 is 0. The van der Waals surface area contributed by atoms with Gasteiger partial charge in [0.1, 0.15) is 0 Å². The van der Waals surface area contributed by atoms with E-state index in [0.717, 1.165) is 6.67 Å². The molecule has 1 saturated heterocycles. The van der Waals surface area contributed by atoms with E-state index in [9.17, 15) is 0 Å². The molecule has 2 heteroatoms. The molecule has 2 heterocycles. The SMILES string of the molecule is CC1=C2CCCCN2CN1. The first-order chi connectivity index (χ1) is 4.88. The van der Waals surface area contributed by atoms with Crippen LogP contribution in [-0.2, 0) is 0 Å². The molecule has 56 valence electrons. The zero-order valence-corrected chi connectivity index (χ0v) is 6.48. The van der Waals surface area contributed by atoms with Crippen molar-refractivity contribution >= 4 is 0 Å². The number of nitrogens with zero attached hydrogens (tertiary/aromatic N) is 1. The van der Waals surface area contributed by atoms with Crippen LogP contribution in [0.4, 0.5) is 0 Å². The molecule has 0 saturated carbocycles. The fraction of sp³-hybridized carbons (Fsp3) is 0.750. The van der Waals surface area contributed by atoms with Crippen molar-refractivity contribution in [3.8, 4) is 0 Å². The highest BCUT2D eigenvalue weighted by molar-refractivity contribution is 5.15. The van der Waals surface area contributed by atoms with Gasteiger partial charge in [-0.3, -0.25) is 0 Å². The molecule has 2 nitrogen and oxygen atoms in total. The van der Waals surface area contributed by atoms with Gasteiger partial charge in [0.25, 0.3) is 0 Å². The van der Waals surface area contributed by atoms with E-state index in [1.165, 1.54) is 31.5 Å². The Balaban J connectivity index is 2.18. The molecule has 0 radical (unpaired) electrons. The molecule has 0 bridgehead atoms. The fourth-order valence-corrected chi connectivity index (χ4v) is 1.80. The van der Waals surface area contributed by atoms with E-state index in [2.05, 4.69) is 17.1 Å². The van der Waals surface area contributed by atoms with Gasteiger partial charge in [-0.15, -0.1) is 0 Å². The van der Waals surface area contributed by atoms with Crippen LogP contribution in [0, 0.1) is 0 Å². The van der Waals surface area contributed by atoms with Gasteiger partial charge in [0.05, 0.1) is 6.67 Å². The molecule has 0 aliphatic carbocycles. The van der Waals surface area contributed by atoms with Crippen molar-refractivity contribution in [3.63, 3.8) is 0 Å². The summed E-state index contributed by atoms with van der Waals surface area (Å²) in [6.45, 7) is 4.50. The van der Waals surface area contributed by atoms with Crippen molar-refractivity contribution in [1.82, 2.24) is 10.2 Å². The Labute approximate surface area is 61.9 Å². The Bertz CT molecular complexity index is 172. The van der Waals surface area contributed by atoms with Gasteiger partial charge in [-0.25, -0.2) is 0 Å². The predicted octanol–water partition coefficient (Wildman–Crippen LogP) is 1.26. The molecule has 1 fully saturated rings. The first kappa shape index (κ1) is 6.08. The molecule has 0 atom stereocenters. The summed E-state index contributed by atoms with van der Waals surface area (Å²) in [5, 5.41) is 3.37. The number of nitrogens with one attached hydrogen (secondary N) is 1. The van der Waals surface area contributed by atoms with Crippen LogP contribution in [0.5, 0.6) is 0 Å². The smallest absolute Gasteiger partial charge is 0.0872 e. The van der Waals surface area contributed by atoms with E-state index >= 15 is 0 Å². The summed E-state index contributed by atoms with van der Waals surface area (Å²) in [4.78, 5) is 2.46. The largest absolute Gasteiger partial charge is 0.370 e. The lowest BCUT2D eigenvalue weighted by Gasteiger charge is -2.25. The van der Waals surface area contributed by atoms with Gasteiger partial charge in [-0.2, -0.15) is 0 Å². The molecule has 2 aliphatic heterocycles. The number of rotatable bonds is 0. The standard InChI is InChI=1S/C8H14N2/c1-7-8-4-2-3-5-10(8)6-9-7/h9H,2-6H2,1H3. The van der Waals surface area contributed by atoms with Gasteiger partial charge >= 0.3 is 0 Å². The van der Waals surface area contributed by atoms with E-state index < -0.39 is 0 Å². The average molecular weight is 138 g/mol. The number of piperidine rings is 1. The van der Waals surface area contributed by atoms with Crippen LogP contribution >= 0.6 is 0 Å². The highest BCUT2D eigenvalue weighted by Gasteiger charge is 2.21. The number of hydrogen-bond donors (Lipinski definition) is 1. The number of allylic oxidation sites excluding steroid dienone is 2. The highest BCUT2D eigenvalue weighted by Crippen LogP contribution is 2.25. The van der Waals surface area contributed by atoms with E-state index in [1.807, 2.05) is 0 Å². The molecular formula is C8H14N2. The maximum absolute atomic E-state index is 3.37. The minimum absolute atomic E-state index is 1.06. The molecule has 2 rings (SSSR count). The normalized spacial score (nSPS) is 24.7. The third-order valence-electron chi connectivity index (χ3n) is 2.44. The van der Waals surface area contributed by atoms with Crippen molar-refractivity contribution in [3.05, 3.63) is 11.4 Å². The Morgan fingerprint density at radius 1 is 1.40 bits per heavy atom. The van der Waals surface area contributed by atoms with Gasteiger partial charge in [0.2, 0.25) is 0 Å². The fourth-order valence-electron chi connectivity index (χ4n) is 1.80. The zero-order valence-electron chi connectivity index (χ0n) is 6.48. The van der Waals surface area contributed by atoms with Crippen molar-refractivity contribution < 1.29 is 0 Å². The van der Waals surface area contributed by atoms with Crippen LogP contribution in [0.3, 0.4) is 0 Å². The van der Waals surface area contributed by atoms with Gasteiger partial charge in [0, 0.05) is 17.9 Å². The summed E-state index contributed by atoms with van der Waals surface area (Å²) in [7, 11) is 0. The average Bonchev–Trinajstić information content (AvgIpc) is 2.34. The predicted molar refractivity (Wildman–Crippen MR) is 41.3 cm³/mol. The third kappa shape index (κ3) is 0.789. The Morgan fingerprint density at radius 2 is 2.30 bits per heavy atom. The van der Waals surface area contributed by atoms with Crippen LogP contribution in [0.2, 0.25) is 0 Å². The zero-order chi connectivity index (χ0) is 6.97. The van der Waals surface area contributed by atoms with Crippen LogP contribution in [0.15, 0.2) is 11.4 Å². The number of hydrogen-bond acceptors (Lipinski definition) is 2. The molecule has 0 unspecified atom stereocenters. The molecule has 0 spiro atoms. The van der Waals surface area contributed by atoms with E-state index in [-0.39, 0.29) is 0 Å². The Hall–Kier alpha value is -0.660. The second-order valence-electron chi connectivity index (χ2n) is 3.13. The second kappa shape index (κ2) is 2.19. The van der Waals surface area contributed by atoms with Gasteiger partial charge in [0.15, 0.2) is 0 Å². The van der Waals surface area contributed by atoms with Crippen LogP contribution < -0.4 is 5.32 Å². The first-order valence-electron chi connectivity index (χ1n) is 4.06. The summed E-state index contributed by atoms with van der Waals surface area (Å²) < 4.78 is 0. The topological polar surface area (TPSA) is 15.3 Å². The summed E-state index contributed by atoms with van der Waals surface area (Å²) in [5.74, 6) is 0. The maximum Gasteiger partial charge on any atom is 0.0872 e. The minimum Gasteiger partial charge on any atom is -0.370 e. The van der Waals surface area contributed by atoms with Crippen molar-refractivity contribution in [2.24, 2.45) is 0 Å². The lowest BCUT2D eigenvalue weighted by Crippen LogP contribution is -2.27. The maximum atomic E-state index is 3.37. The molecule has 1 N–H and O–H groups in total.